The molecule has 0 radical (unpaired) electrons. The first-order valence-corrected chi connectivity index (χ1v) is 9.83. The van der Waals surface area contributed by atoms with E-state index in [-0.39, 0.29) is 5.41 Å². The molecule has 2 rings (SSSR count). The van der Waals surface area contributed by atoms with Crippen molar-refractivity contribution in [3.63, 3.8) is 0 Å². The summed E-state index contributed by atoms with van der Waals surface area (Å²) in [6, 6.07) is 1.74. The van der Waals surface area contributed by atoms with Crippen molar-refractivity contribution in [3.05, 3.63) is 15.8 Å². The molecule has 0 N–H and O–H groups in total. The van der Waals surface area contributed by atoms with Crippen LogP contribution in [0.15, 0.2) is 11.0 Å². The van der Waals surface area contributed by atoms with Crippen LogP contribution < -0.4 is 0 Å². The van der Waals surface area contributed by atoms with Crippen molar-refractivity contribution in [1.29, 1.82) is 0 Å². The minimum absolute atomic E-state index is 0.159. The molecule has 0 bridgehead atoms. The molecule has 0 saturated carbocycles. The van der Waals surface area contributed by atoms with Crippen molar-refractivity contribution in [3.8, 4) is 0 Å². The second kappa shape index (κ2) is 5.95. The Balaban J connectivity index is 2.30. The van der Waals surface area contributed by atoms with Gasteiger partial charge in [0.05, 0.1) is 10.8 Å². The van der Waals surface area contributed by atoms with Gasteiger partial charge >= 0.3 is 0 Å². The number of sulfonamides is 1. The van der Waals surface area contributed by atoms with Gasteiger partial charge in [0, 0.05) is 22.8 Å². The monoisotopic (exact) mass is 335 g/mol. The minimum Gasteiger partial charge on any atom is -0.207 e. The van der Waals surface area contributed by atoms with Crippen LogP contribution in [0.1, 0.15) is 42.9 Å². The van der Waals surface area contributed by atoms with Crippen LogP contribution in [0.25, 0.3) is 0 Å². The Hall–Kier alpha value is -0.100. The van der Waals surface area contributed by atoms with Gasteiger partial charge in [-0.15, -0.1) is 22.9 Å². The third-order valence-corrected chi connectivity index (χ3v) is 8.17. The Labute approximate surface area is 131 Å². The van der Waals surface area contributed by atoms with Crippen LogP contribution >= 0.6 is 22.9 Å². The molecule has 0 unspecified atom stereocenters. The Bertz CT molecular complexity index is 576. The zero-order valence-corrected chi connectivity index (χ0v) is 14.7. The first-order valence-electron chi connectivity index (χ1n) is 7.04. The molecule has 1 aromatic heterocycles. The average Bonchev–Trinajstić information content (AvgIpc) is 3.03. The van der Waals surface area contributed by atoms with Crippen LogP contribution in [-0.2, 0) is 15.9 Å². The van der Waals surface area contributed by atoms with Crippen molar-refractivity contribution in [2.75, 3.05) is 13.1 Å². The van der Waals surface area contributed by atoms with Gasteiger partial charge in [-0.05, 0) is 37.7 Å². The van der Waals surface area contributed by atoms with Gasteiger partial charge in [-0.25, -0.2) is 8.42 Å². The summed E-state index contributed by atoms with van der Waals surface area (Å²) in [6.07, 6.45) is 3.03. The number of alkyl halides is 1. The maximum absolute atomic E-state index is 12.8. The number of hydrogen-bond donors (Lipinski definition) is 0. The standard InChI is InChI=1S/C14H22ClNO2S2/c1-4-14(5-2)6-7-16(10-14)20(17,18)13-8-12(9-15)19-11(13)3/h8H,4-7,9-10H2,1-3H3. The summed E-state index contributed by atoms with van der Waals surface area (Å²) in [5.41, 5.74) is 0.159. The van der Waals surface area contributed by atoms with E-state index in [0.29, 0.717) is 23.9 Å². The van der Waals surface area contributed by atoms with Crippen LogP contribution in [0.4, 0.5) is 0 Å². The highest BCUT2D eigenvalue weighted by atomic mass is 35.5. The lowest BCUT2D eigenvalue weighted by Crippen LogP contribution is -2.32. The maximum atomic E-state index is 12.8. The molecule has 1 aliphatic heterocycles. The van der Waals surface area contributed by atoms with Crippen molar-refractivity contribution in [1.82, 2.24) is 4.31 Å². The molecule has 1 aliphatic rings. The fourth-order valence-electron chi connectivity index (χ4n) is 2.91. The van der Waals surface area contributed by atoms with Gasteiger partial charge in [0.25, 0.3) is 0 Å². The molecule has 3 nitrogen and oxygen atoms in total. The maximum Gasteiger partial charge on any atom is 0.244 e. The number of nitrogens with zero attached hydrogens (tertiary/aromatic N) is 1. The molecule has 1 aromatic rings. The van der Waals surface area contributed by atoms with Gasteiger partial charge in [-0.1, -0.05) is 13.8 Å². The quantitative estimate of drug-likeness (QED) is 0.763. The van der Waals surface area contributed by atoms with E-state index in [1.807, 2.05) is 6.92 Å². The van der Waals surface area contributed by atoms with Crippen molar-refractivity contribution in [2.24, 2.45) is 5.41 Å². The summed E-state index contributed by atoms with van der Waals surface area (Å²) in [5, 5.41) is 0. The molecule has 0 spiro atoms. The number of thiophene rings is 1. The molecule has 0 amide bonds. The average molecular weight is 336 g/mol. The highest BCUT2D eigenvalue weighted by Crippen LogP contribution is 2.40. The lowest BCUT2D eigenvalue weighted by molar-refractivity contribution is 0.279. The summed E-state index contributed by atoms with van der Waals surface area (Å²) in [6.45, 7) is 7.45. The molecule has 114 valence electrons. The fraction of sp³-hybridized carbons (Fsp3) is 0.714. The van der Waals surface area contributed by atoms with Gasteiger partial charge in [0.1, 0.15) is 0 Å². The van der Waals surface area contributed by atoms with E-state index in [0.717, 1.165) is 29.0 Å². The van der Waals surface area contributed by atoms with E-state index >= 15 is 0 Å². The van der Waals surface area contributed by atoms with Crippen LogP contribution in [-0.4, -0.2) is 25.8 Å². The van der Waals surface area contributed by atoms with E-state index < -0.39 is 10.0 Å². The lowest BCUT2D eigenvalue weighted by atomic mass is 9.82. The van der Waals surface area contributed by atoms with Crippen molar-refractivity contribution < 1.29 is 8.42 Å². The van der Waals surface area contributed by atoms with Crippen molar-refractivity contribution >= 4 is 33.0 Å². The number of aryl methyl sites for hydroxylation is 1. The Morgan fingerprint density at radius 1 is 1.40 bits per heavy atom. The van der Waals surface area contributed by atoms with Crippen LogP contribution in [0.5, 0.6) is 0 Å². The number of rotatable bonds is 5. The van der Waals surface area contributed by atoms with Gasteiger partial charge < -0.3 is 0 Å². The first kappa shape index (κ1) is 16.3. The van der Waals surface area contributed by atoms with E-state index in [1.165, 1.54) is 11.3 Å². The minimum atomic E-state index is -3.36. The molecule has 0 atom stereocenters. The second-order valence-corrected chi connectivity index (χ2v) is 9.08. The number of halogens is 1. The van der Waals surface area contributed by atoms with E-state index in [2.05, 4.69) is 13.8 Å². The van der Waals surface area contributed by atoms with Crippen LogP contribution in [0, 0.1) is 12.3 Å². The summed E-state index contributed by atoms with van der Waals surface area (Å²) in [5.74, 6) is 0.370. The summed E-state index contributed by atoms with van der Waals surface area (Å²) >= 11 is 7.29. The van der Waals surface area contributed by atoms with Crippen LogP contribution in [0.3, 0.4) is 0 Å². The second-order valence-electron chi connectivity index (χ2n) is 5.56. The van der Waals surface area contributed by atoms with Gasteiger partial charge in [0.15, 0.2) is 0 Å². The van der Waals surface area contributed by atoms with Crippen molar-refractivity contribution in [2.45, 2.75) is 50.8 Å². The smallest absolute Gasteiger partial charge is 0.207 e. The largest absolute Gasteiger partial charge is 0.244 e. The van der Waals surface area contributed by atoms with Crippen LogP contribution in [0.2, 0.25) is 0 Å². The lowest BCUT2D eigenvalue weighted by Gasteiger charge is -2.26. The third kappa shape index (κ3) is 2.78. The predicted octanol–water partition coefficient (Wildman–Crippen LogP) is 4.00. The Morgan fingerprint density at radius 3 is 2.50 bits per heavy atom. The highest BCUT2D eigenvalue weighted by Gasteiger charge is 2.41. The molecule has 20 heavy (non-hydrogen) atoms. The molecule has 6 heteroatoms. The van der Waals surface area contributed by atoms with E-state index in [4.69, 9.17) is 11.6 Å². The molecule has 1 saturated heterocycles. The molecule has 0 aromatic carbocycles. The molecule has 1 fully saturated rings. The SMILES string of the molecule is CCC1(CC)CCN(S(=O)(=O)c2cc(CCl)sc2C)C1. The Morgan fingerprint density at radius 2 is 2.05 bits per heavy atom. The van der Waals surface area contributed by atoms with Gasteiger partial charge in [-0.3, -0.25) is 0 Å². The number of hydrogen-bond acceptors (Lipinski definition) is 3. The molecule has 0 aliphatic carbocycles. The molecule has 2 heterocycles. The summed E-state index contributed by atoms with van der Waals surface area (Å²) in [7, 11) is -3.36. The molecular formula is C14H22ClNO2S2. The highest BCUT2D eigenvalue weighted by molar-refractivity contribution is 7.89. The molecular weight excluding hydrogens is 314 g/mol. The zero-order chi connectivity index (χ0) is 15.0. The zero-order valence-electron chi connectivity index (χ0n) is 12.3. The summed E-state index contributed by atoms with van der Waals surface area (Å²) in [4.78, 5) is 2.20. The normalized spacial score (nSPS) is 19.6. The topological polar surface area (TPSA) is 37.4 Å². The first-order chi connectivity index (χ1) is 9.38. The van der Waals surface area contributed by atoms with E-state index in [1.54, 1.807) is 10.4 Å². The van der Waals surface area contributed by atoms with E-state index in [9.17, 15) is 8.42 Å². The van der Waals surface area contributed by atoms with Gasteiger partial charge in [0.2, 0.25) is 10.0 Å². The predicted molar refractivity (Wildman–Crippen MR) is 85.0 cm³/mol. The third-order valence-electron chi connectivity index (χ3n) is 4.58. The Kier molecular flexibility index (Phi) is 4.84. The summed E-state index contributed by atoms with van der Waals surface area (Å²) < 4.78 is 27.2. The fourth-order valence-corrected chi connectivity index (χ4v) is 6.16. The van der Waals surface area contributed by atoms with Gasteiger partial charge in [-0.2, -0.15) is 4.31 Å².